The molecule has 102 valence electrons. The topological polar surface area (TPSA) is 61.7 Å². The van der Waals surface area contributed by atoms with Crippen molar-refractivity contribution in [1.29, 1.82) is 0 Å². The second-order valence-electron chi connectivity index (χ2n) is 4.14. The Morgan fingerprint density at radius 3 is 2.35 bits per heavy atom. The minimum absolute atomic E-state index is 0.109. The second kappa shape index (κ2) is 5.97. The van der Waals surface area contributed by atoms with Crippen molar-refractivity contribution in [2.24, 2.45) is 5.10 Å². The number of rotatable bonds is 4. The van der Waals surface area contributed by atoms with Crippen LogP contribution < -0.4 is 5.43 Å². The van der Waals surface area contributed by atoms with Crippen molar-refractivity contribution in [3.05, 3.63) is 65.5 Å². The van der Waals surface area contributed by atoms with Crippen LogP contribution in [0.3, 0.4) is 0 Å². The van der Waals surface area contributed by atoms with Gasteiger partial charge in [0, 0.05) is 5.56 Å². The zero-order valence-electron chi connectivity index (χ0n) is 10.8. The molecule has 0 atom stereocenters. The SMILES string of the molecule is C/C(=N\Nc1ccccc1C(=O)O)c1ccccc1F. The number of carbonyl (C=O) groups is 1. The van der Waals surface area contributed by atoms with Gasteiger partial charge in [-0.1, -0.05) is 30.3 Å². The fourth-order valence-corrected chi connectivity index (χ4v) is 1.73. The van der Waals surface area contributed by atoms with Crippen LogP contribution in [0.4, 0.5) is 10.1 Å². The highest BCUT2D eigenvalue weighted by molar-refractivity contribution is 6.00. The minimum atomic E-state index is -1.05. The molecule has 0 saturated heterocycles. The van der Waals surface area contributed by atoms with Crippen LogP contribution >= 0.6 is 0 Å². The summed E-state index contributed by atoms with van der Waals surface area (Å²) in [6.07, 6.45) is 0. The fraction of sp³-hybridized carbons (Fsp3) is 0.0667. The lowest BCUT2D eigenvalue weighted by Crippen LogP contribution is -2.05. The standard InChI is InChI=1S/C15H13FN2O2/c1-10(11-6-2-4-8-13(11)16)17-18-14-9-5-3-7-12(14)15(19)20/h2-9,18H,1H3,(H,19,20)/b17-10+. The van der Waals surface area contributed by atoms with Crippen LogP contribution in [0.25, 0.3) is 0 Å². The molecule has 0 bridgehead atoms. The summed E-state index contributed by atoms with van der Waals surface area (Å²) in [5, 5.41) is 13.1. The average Bonchev–Trinajstić information content (AvgIpc) is 2.45. The molecule has 0 spiro atoms. The van der Waals surface area contributed by atoms with Crippen LogP contribution in [-0.4, -0.2) is 16.8 Å². The molecule has 0 saturated carbocycles. The smallest absolute Gasteiger partial charge is 0.337 e. The molecule has 2 aromatic carbocycles. The Morgan fingerprint density at radius 2 is 1.70 bits per heavy atom. The lowest BCUT2D eigenvalue weighted by Gasteiger charge is -2.07. The van der Waals surface area contributed by atoms with Gasteiger partial charge in [0.25, 0.3) is 0 Å². The van der Waals surface area contributed by atoms with Gasteiger partial charge in [0.15, 0.2) is 0 Å². The second-order valence-corrected chi connectivity index (χ2v) is 4.14. The van der Waals surface area contributed by atoms with Gasteiger partial charge in [-0.15, -0.1) is 0 Å². The van der Waals surface area contributed by atoms with Crippen molar-refractivity contribution in [1.82, 2.24) is 0 Å². The Labute approximate surface area is 115 Å². The van der Waals surface area contributed by atoms with E-state index in [9.17, 15) is 9.18 Å². The molecule has 2 N–H and O–H groups in total. The summed E-state index contributed by atoms with van der Waals surface area (Å²) < 4.78 is 13.6. The molecule has 0 heterocycles. The number of hydrazone groups is 1. The Hall–Kier alpha value is -2.69. The molecule has 0 aliphatic rings. The molecular weight excluding hydrogens is 259 g/mol. The summed E-state index contributed by atoms with van der Waals surface area (Å²) >= 11 is 0. The van der Waals surface area contributed by atoms with Gasteiger partial charge in [-0.3, -0.25) is 5.43 Å². The summed E-state index contributed by atoms with van der Waals surface area (Å²) in [5.41, 5.74) is 3.93. The Kier molecular flexibility index (Phi) is 4.10. The van der Waals surface area contributed by atoms with E-state index in [2.05, 4.69) is 10.5 Å². The quantitative estimate of drug-likeness (QED) is 0.662. The van der Waals surface area contributed by atoms with E-state index in [4.69, 9.17) is 5.11 Å². The number of para-hydroxylation sites is 1. The molecule has 0 radical (unpaired) electrons. The number of carboxylic acids is 1. The maximum absolute atomic E-state index is 13.6. The number of hydrogen-bond acceptors (Lipinski definition) is 3. The highest BCUT2D eigenvalue weighted by atomic mass is 19.1. The van der Waals surface area contributed by atoms with Crippen LogP contribution in [-0.2, 0) is 0 Å². The van der Waals surface area contributed by atoms with Crippen molar-refractivity contribution in [3.8, 4) is 0 Å². The van der Waals surface area contributed by atoms with Gasteiger partial charge in [0.1, 0.15) is 5.82 Å². The van der Waals surface area contributed by atoms with E-state index in [0.717, 1.165) is 0 Å². The lowest BCUT2D eigenvalue weighted by atomic mass is 10.1. The molecule has 0 aromatic heterocycles. The summed E-state index contributed by atoms with van der Waals surface area (Å²) in [4.78, 5) is 11.0. The van der Waals surface area contributed by atoms with E-state index in [0.29, 0.717) is 17.0 Å². The minimum Gasteiger partial charge on any atom is -0.478 e. The molecule has 0 amide bonds. The summed E-state index contributed by atoms with van der Waals surface area (Å²) in [6.45, 7) is 1.65. The molecule has 2 rings (SSSR count). The van der Waals surface area contributed by atoms with Gasteiger partial charge >= 0.3 is 5.97 Å². The molecule has 4 nitrogen and oxygen atoms in total. The Bertz CT molecular complexity index is 668. The molecular formula is C15H13FN2O2. The van der Waals surface area contributed by atoms with Gasteiger partial charge in [-0.05, 0) is 25.1 Å². The van der Waals surface area contributed by atoms with Crippen molar-refractivity contribution >= 4 is 17.4 Å². The third-order valence-corrected chi connectivity index (χ3v) is 2.77. The number of nitrogens with zero attached hydrogens (tertiary/aromatic N) is 1. The normalized spacial score (nSPS) is 11.2. The van der Waals surface area contributed by atoms with Gasteiger partial charge in [-0.2, -0.15) is 5.10 Å². The highest BCUT2D eigenvalue weighted by Gasteiger charge is 2.09. The lowest BCUT2D eigenvalue weighted by molar-refractivity contribution is 0.0698. The first-order valence-corrected chi connectivity index (χ1v) is 5.97. The van der Waals surface area contributed by atoms with Crippen molar-refractivity contribution in [2.45, 2.75) is 6.92 Å². The van der Waals surface area contributed by atoms with E-state index in [-0.39, 0.29) is 11.4 Å². The molecule has 20 heavy (non-hydrogen) atoms. The predicted molar refractivity (Wildman–Crippen MR) is 75.6 cm³/mol. The van der Waals surface area contributed by atoms with E-state index in [1.54, 1.807) is 43.3 Å². The highest BCUT2D eigenvalue weighted by Crippen LogP contribution is 2.15. The molecule has 0 fully saturated rings. The number of nitrogens with one attached hydrogen (secondary N) is 1. The van der Waals surface area contributed by atoms with E-state index < -0.39 is 5.97 Å². The average molecular weight is 272 g/mol. The third-order valence-electron chi connectivity index (χ3n) is 2.77. The van der Waals surface area contributed by atoms with Gasteiger partial charge in [-0.25, -0.2) is 9.18 Å². The first-order chi connectivity index (χ1) is 9.59. The summed E-state index contributed by atoms with van der Waals surface area (Å²) in [7, 11) is 0. The van der Waals surface area contributed by atoms with Crippen LogP contribution in [0.5, 0.6) is 0 Å². The van der Waals surface area contributed by atoms with Crippen molar-refractivity contribution in [2.75, 3.05) is 5.43 Å². The fourth-order valence-electron chi connectivity index (χ4n) is 1.73. The van der Waals surface area contributed by atoms with Crippen LogP contribution in [0.1, 0.15) is 22.8 Å². The molecule has 0 aliphatic carbocycles. The zero-order valence-corrected chi connectivity index (χ0v) is 10.8. The van der Waals surface area contributed by atoms with Crippen molar-refractivity contribution in [3.63, 3.8) is 0 Å². The van der Waals surface area contributed by atoms with E-state index >= 15 is 0 Å². The molecule has 2 aromatic rings. The first kappa shape index (κ1) is 13.7. The zero-order chi connectivity index (χ0) is 14.5. The van der Waals surface area contributed by atoms with Crippen LogP contribution in [0.2, 0.25) is 0 Å². The number of halogens is 1. The maximum atomic E-state index is 13.6. The Balaban J connectivity index is 2.26. The van der Waals surface area contributed by atoms with E-state index in [1.807, 2.05) is 0 Å². The number of carboxylic acid groups (broad SMARTS) is 1. The largest absolute Gasteiger partial charge is 0.478 e. The van der Waals surface area contributed by atoms with Crippen molar-refractivity contribution < 1.29 is 14.3 Å². The molecule has 0 unspecified atom stereocenters. The van der Waals surface area contributed by atoms with E-state index in [1.165, 1.54) is 12.1 Å². The Morgan fingerprint density at radius 1 is 1.10 bits per heavy atom. The van der Waals surface area contributed by atoms with Gasteiger partial charge < -0.3 is 5.11 Å². The van der Waals surface area contributed by atoms with Crippen LogP contribution in [0, 0.1) is 5.82 Å². The molecule has 5 heteroatoms. The monoisotopic (exact) mass is 272 g/mol. The predicted octanol–water partition coefficient (Wildman–Crippen LogP) is 3.36. The van der Waals surface area contributed by atoms with Gasteiger partial charge in [0.2, 0.25) is 0 Å². The van der Waals surface area contributed by atoms with Gasteiger partial charge in [0.05, 0.1) is 17.0 Å². The first-order valence-electron chi connectivity index (χ1n) is 5.97. The third kappa shape index (κ3) is 3.00. The number of hydrogen-bond donors (Lipinski definition) is 2. The number of anilines is 1. The summed E-state index contributed by atoms with van der Waals surface area (Å²) in [5.74, 6) is -1.42. The number of benzene rings is 2. The molecule has 0 aliphatic heterocycles. The maximum Gasteiger partial charge on any atom is 0.337 e. The van der Waals surface area contributed by atoms with Crippen LogP contribution in [0.15, 0.2) is 53.6 Å². The number of aromatic carboxylic acids is 1. The summed E-state index contributed by atoms with van der Waals surface area (Å²) in [6, 6.07) is 12.7.